The number of amides is 1. The van der Waals surface area contributed by atoms with Crippen molar-refractivity contribution in [3.63, 3.8) is 0 Å². The van der Waals surface area contributed by atoms with Crippen LogP contribution in [-0.2, 0) is 0 Å². The average Bonchev–Trinajstić information content (AvgIpc) is 2.53. The van der Waals surface area contributed by atoms with Gasteiger partial charge >= 0.3 is 0 Å². The fourth-order valence-electron chi connectivity index (χ4n) is 1.85. The molecule has 0 atom stereocenters. The molecule has 1 rings (SSSR count). The maximum atomic E-state index is 12.1. The lowest BCUT2D eigenvalue weighted by molar-refractivity contribution is 0.0953. The number of hydrogen-bond acceptors (Lipinski definition) is 4. The van der Waals surface area contributed by atoms with Crippen LogP contribution >= 0.6 is 0 Å². The highest BCUT2D eigenvalue weighted by Crippen LogP contribution is 2.14. The Morgan fingerprint density at radius 2 is 2.00 bits per heavy atom. The molecule has 0 unspecified atom stereocenters. The summed E-state index contributed by atoms with van der Waals surface area (Å²) in [7, 11) is 0. The smallest absolute Gasteiger partial charge is 0.251 e. The maximum Gasteiger partial charge on any atom is 0.251 e. The molecule has 1 aromatic carbocycles. The van der Waals surface area contributed by atoms with Crippen molar-refractivity contribution in [3.8, 4) is 0 Å². The number of carbonyl (C=O) groups excluding carboxylic acids is 1. The summed E-state index contributed by atoms with van der Waals surface area (Å²) >= 11 is 0. The maximum absolute atomic E-state index is 12.1. The van der Waals surface area contributed by atoms with Crippen LogP contribution in [0.2, 0.25) is 0 Å². The highest BCUT2D eigenvalue weighted by atomic mass is 19.1. The highest BCUT2D eigenvalue weighted by Gasteiger charge is 2.06. The number of nitrogens with two attached hydrogens (primary N) is 2. The molecule has 22 heavy (non-hydrogen) atoms. The van der Waals surface area contributed by atoms with Gasteiger partial charge in [0.2, 0.25) is 0 Å². The number of nitrogens with one attached hydrogen (secondary N) is 1. The number of hydrazine groups is 1. The van der Waals surface area contributed by atoms with Crippen LogP contribution in [0.1, 0.15) is 43.0 Å². The van der Waals surface area contributed by atoms with Crippen molar-refractivity contribution in [3.05, 3.63) is 41.7 Å². The van der Waals surface area contributed by atoms with Crippen molar-refractivity contribution in [2.45, 2.75) is 32.6 Å². The second-order valence-electron chi connectivity index (χ2n) is 5.06. The van der Waals surface area contributed by atoms with E-state index in [1.807, 2.05) is 0 Å². The molecule has 5 nitrogen and oxygen atoms in total. The fraction of sp³-hybridized carbons (Fsp3) is 0.438. The minimum absolute atomic E-state index is 0.0958. The van der Waals surface area contributed by atoms with Crippen LogP contribution in [-0.4, -0.2) is 19.1 Å². The minimum Gasteiger partial charge on any atom is -0.401 e. The lowest BCUT2D eigenvalue weighted by atomic mass is 10.2. The van der Waals surface area contributed by atoms with Gasteiger partial charge in [-0.05, 0) is 43.5 Å². The van der Waals surface area contributed by atoms with Crippen LogP contribution in [0.15, 0.2) is 36.2 Å². The van der Waals surface area contributed by atoms with Gasteiger partial charge in [0.15, 0.2) is 0 Å². The highest BCUT2D eigenvalue weighted by molar-refractivity contribution is 5.94. The summed E-state index contributed by atoms with van der Waals surface area (Å²) in [5, 5.41) is 4.22. The van der Waals surface area contributed by atoms with E-state index in [0.717, 1.165) is 12.8 Å². The molecule has 0 spiro atoms. The number of hydrogen-bond donors (Lipinski definition) is 3. The van der Waals surface area contributed by atoms with E-state index in [-0.39, 0.29) is 5.91 Å². The number of halogens is 1. The fourth-order valence-corrected chi connectivity index (χ4v) is 1.85. The molecular weight excluding hydrogens is 283 g/mol. The molecule has 0 fully saturated rings. The number of unbranched alkanes of at least 4 members (excludes halogenated alkanes) is 1. The van der Waals surface area contributed by atoms with Crippen molar-refractivity contribution in [1.82, 2.24) is 5.32 Å². The summed E-state index contributed by atoms with van der Waals surface area (Å²) in [5.74, 6) is 5.78. The molecule has 1 aromatic rings. The SMILES string of the molecule is CCCCNC(=O)c1ccc(N(N)/C=C(\N)CCCF)cc1. The number of rotatable bonds is 9. The van der Waals surface area contributed by atoms with E-state index in [4.69, 9.17) is 11.6 Å². The van der Waals surface area contributed by atoms with E-state index < -0.39 is 6.67 Å². The van der Waals surface area contributed by atoms with Crippen molar-refractivity contribution in [2.24, 2.45) is 11.6 Å². The quantitative estimate of drug-likeness (QED) is 0.372. The van der Waals surface area contributed by atoms with Crippen LogP contribution in [0.4, 0.5) is 10.1 Å². The van der Waals surface area contributed by atoms with Gasteiger partial charge in [0.1, 0.15) is 0 Å². The van der Waals surface area contributed by atoms with Crippen LogP contribution in [0.3, 0.4) is 0 Å². The molecule has 122 valence electrons. The van der Waals surface area contributed by atoms with Crippen molar-refractivity contribution >= 4 is 11.6 Å². The third-order valence-corrected chi connectivity index (χ3v) is 3.15. The third kappa shape index (κ3) is 6.13. The predicted octanol–water partition coefficient (Wildman–Crippen LogP) is 2.45. The lowest BCUT2D eigenvalue weighted by Gasteiger charge is -2.15. The number of alkyl halides is 1. The molecule has 0 aliphatic rings. The van der Waals surface area contributed by atoms with Crippen molar-refractivity contribution in [1.29, 1.82) is 0 Å². The Morgan fingerprint density at radius 3 is 2.59 bits per heavy atom. The van der Waals surface area contributed by atoms with Gasteiger partial charge in [-0.2, -0.15) is 0 Å². The molecule has 1 amide bonds. The van der Waals surface area contributed by atoms with E-state index in [1.165, 1.54) is 5.01 Å². The minimum atomic E-state index is -0.402. The summed E-state index contributed by atoms with van der Waals surface area (Å²) in [5.41, 5.74) is 7.56. The van der Waals surface area contributed by atoms with Gasteiger partial charge in [-0.3, -0.25) is 14.2 Å². The lowest BCUT2D eigenvalue weighted by Crippen LogP contribution is -2.27. The van der Waals surface area contributed by atoms with Crippen LogP contribution in [0.5, 0.6) is 0 Å². The van der Waals surface area contributed by atoms with E-state index in [0.29, 0.717) is 36.3 Å². The predicted molar refractivity (Wildman–Crippen MR) is 87.8 cm³/mol. The van der Waals surface area contributed by atoms with E-state index in [1.54, 1.807) is 30.5 Å². The second-order valence-corrected chi connectivity index (χ2v) is 5.06. The molecule has 0 bridgehead atoms. The molecule has 0 aromatic heterocycles. The van der Waals surface area contributed by atoms with E-state index >= 15 is 0 Å². The Morgan fingerprint density at radius 1 is 1.32 bits per heavy atom. The number of allylic oxidation sites excluding steroid dienone is 1. The zero-order valence-corrected chi connectivity index (χ0v) is 13.0. The van der Waals surface area contributed by atoms with Gasteiger partial charge in [-0.25, -0.2) is 5.84 Å². The molecule has 6 heteroatoms. The van der Waals surface area contributed by atoms with Crippen LogP contribution < -0.4 is 21.9 Å². The molecule has 0 radical (unpaired) electrons. The third-order valence-electron chi connectivity index (χ3n) is 3.15. The first-order valence-corrected chi connectivity index (χ1v) is 7.52. The molecule has 5 N–H and O–H groups in total. The summed E-state index contributed by atoms with van der Waals surface area (Å²) < 4.78 is 12.1. The molecule has 0 heterocycles. The van der Waals surface area contributed by atoms with E-state index in [2.05, 4.69) is 12.2 Å². The first-order valence-electron chi connectivity index (χ1n) is 7.52. The summed E-state index contributed by atoms with van der Waals surface area (Å²) in [6, 6.07) is 6.91. The first-order chi connectivity index (χ1) is 10.6. The van der Waals surface area contributed by atoms with Gasteiger partial charge in [0.05, 0.1) is 12.4 Å². The van der Waals surface area contributed by atoms with Gasteiger partial charge in [-0.15, -0.1) is 0 Å². The van der Waals surface area contributed by atoms with Gasteiger partial charge < -0.3 is 11.1 Å². The first kappa shape index (κ1) is 18.0. The zero-order chi connectivity index (χ0) is 16.4. The number of nitrogens with zero attached hydrogens (tertiary/aromatic N) is 1. The van der Waals surface area contributed by atoms with Gasteiger partial charge in [0.25, 0.3) is 5.91 Å². The molecular formula is C16H25FN4O. The Bertz CT molecular complexity index is 487. The van der Waals surface area contributed by atoms with Gasteiger partial charge in [0, 0.05) is 24.0 Å². The van der Waals surface area contributed by atoms with Gasteiger partial charge in [-0.1, -0.05) is 13.3 Å². The average molecular weight is 308 g/mol. The topological polar surface area (TPSA) is 84.4 Å². The normalized spacial score (nSPS) is 11.3. The Labute approximate surface area is 131 Å². The van der Waals surface area contributed by atoms with Crippen molar-refractivity contribution < 1.29 is 9.18 Å². The number of benzene rings is 1. The molecule has 0 aliphatic heterocycles. The van der Waals surface area contributed by atoms with Crippen LogP contribution in [0, 0.1) is 0 Å². The monoisotopic (exact) mass is 308 g/mol. The largest absolute Gasteiger partial charge is 0.401 e. The zero-order valence-electron chi connectivity index (χ0n) is 13.0. The molecule has 0 aliphatic carbocycles. The number of anilines is 1. The summed E-state index contributed by atoms with van der Waals surface area (Å²) in [6.07, 6.45) is 4.40. The standard InChI is InChI=1S/C16H25FN4O/c1-2-3-11-20-16(22)13-6-8-15(9-7-13)21(19)12-14(18)5-4-10-17/h6-9,12H,2-5,10-11,18-19H2,1H3,(H,20,22)/b14-12-. The summed E-state index contributed by atoms with van der Waals surface area (Å²) in [6.45, 7) is 2.35. The number of carbonyl (C=O) groups is 1. The Kier molecular flexibility index (Phi) is 7.99. The van der Waals surface area contributed by atoms with E-state index in [9.17, 15) is 9.18 Å². The van der Waals surface area contributed by atoms with Crippen molar-refractivity contribution in [2.75, 3.05) is 18.2 Å². The van der Waals surface area contributed by atoms with Crippen LogP contribution in [0.25, 0.3) is 0 Å². The Balaban J connectivity index is 2.61. The molecule has 0 saturated carbocycles. The second kappa shape index (κ2) is 9.78. The summed E-state index contributed by atoms with van der Waals surface area (Å²) in [4.78, 5) is 11.9. The molecule has 0 saturated heterocycles. The Hall–Kier alpha value is -2.08.